The molecule has 1 aromatic rings. The van der Waals surface area contributed by atoms with E-state index >= 15 is 0 Å². The van der Waals surface area contributed by atoms with Crippen LogP contribution >= 0.6 is 0 Å². The first-order valence-electron chi connectivity index (χ1n) is 6.61. The normalized spacial score (nSPS) is 23.7. The van der Waals surface area contributed by atoms with Crippen LogP contribution in [0.1, 0.15) is 25.7 Å². The number of aliphatic hydroxyl groups is 1. The number of aliphatic hydroxyl groups excluding tert-OH is 1. The number of hydrogen-bond donors (Lipinski definition) is 3. The standard InChI is InChI=1S/C13H19FN2O3S/c14-12-7-11(4-5-13(12)15)20(18,19)16-8-9-2-1-3-10(17)6-9/h4-5,7,9-10,16-17H,1-3,6,8,15H2. The van der Waals surface area contributed by atoms with Gasteiger partial charge >= 0.3 is 0 Å². The Labute approximate surface area is 118 Å². The number of nitrogens with one attached hydrogen (secondary N) is 1. The molecule has 1 aliphatic rings. The van der Waals surface area contributed by atoms with Gasteiger partial charge < -0.3 is 10.8 Å². The number of hydrogen-bond acceptors (Lipinski definition) is 4. The molecule has 0 aliphatic heterocycles. The van der Waals surface area contributed by atoms with Gasteiger partial charge in [-0.25, -0.2) is 17.5 Å². The monoisotopic (exact) mass is 302 g/mol. The molecule has 0 spiro atoms. The fourth-order valence-corrected chi connectivity index (χ4v) is 3.56. The zero-order valence-corrected chi connectivity index (χ0v) is 11.9. The van der Waals surface area contributed by atoms with E-state index in [1.807, 2.05) is 0 Å². The van der Waals surface area contributed by atoms with E-state index in [2.05, 4.69) is 4.72 Å². The average Bonchev–Trinajstić information content (AvgIpc) is 2.40. The largest absolute Gasteiger partial charge is 0.396 e. The van der Waals surface area contributed by atoms with Gasteiger partial charge in [0, 0.05) is 6.54 Å². The van der Waals surface area contributed by atoms with Gasteiger partial charge in [0.05, 0.1) is 16.7 Å². The van der Waals surface area contributed by atoms with Crippen LogP contribution < -0.4 is 10.5 Å². The molecule has 0 bridgehead atoms. The van der Waals surface area contributed by atoms with Gasteiger partial charge in [0.15, 0.2) is 0 Å². The summed E-state index contributed by atoms with van der Waals surface area (Å²) in [6.45, 7) is 0.255. The average molecular weight is 302 g/mol. The number of halogens is 1. The van der Waals surface area contributed by atoms with Crippen molar-refractivity contribution in [2.24, 2.45) is 5.92 Å². The Hall–Kier alpha value is -1.18. The highest BCUT2D eigenvalue weighted by atomic mass is 32.2. The van der Waals surface area contributed by atoms with E-state index in [-0.39, 0.29) is 29.1 Å². The lowest BCUT2D eigenvalue weighted by molar-refractivity contribution is 0.102. The summed E-state index contributed by atoms with van der Waals surface area (Å²) in [4.78, 5) is -0.138. The summed E-state index contributed by atoms with van der Waals surface area (Å²) in [6, 6.07) is 3.41. The van der Waals surface area contributed by atoms with E-state index < -0.39 is 15.8 Å². The molecule has 0 saturated heterocycles. The third-order valence-electron chi connectivity index (χ3n) is 3.60. The second-order valence-electron chi connectivity index (χ2n) is 5.22. The van der Waals surface area contributed by atoms with Gasteiger partial charge in [-0.1, -0.05) is 6.42 Å². The first-order valence-corrected chi connectivity index (χ1v) is 8.09. The maximum atomic E-state index is 13.3. The highest BCUT2D eigenvalue weighted by Gasteiger charge is 2.23. The lowest BCUT2D eigenvalue weighted by atomic mass is 9.87. The van der Waals surface area contributed by atoms with Gasteiger partial charge in [-0.05, 0) is 43.4 Å². The van der Waals surface area contributed by atoms with E-state index in [0.29, 0.717) is 6.42 Å². The zero-order chi connectivity index (χ0) is 14.8. The SMILES string of the molecule is Nc1ccc(S(=O)(=O)NCC2CCCC(O)C2)cc1F. The second kappa shape index (κ2) is 6.07. The lowest BCUT2D eigenvalue weighted by Gasteiger charge is -2.25. The molecule has 1 saturated carbocycles. The topological polar surface area (TPSA) is 92.4 Å². The van der Waals surface area contributed by atoms with Gasteiger partial charge in [0.25, 0.3) is 0 Å². The van der Waals surface area contributed by atoms with Gasteiger partial charge in [0.2, 0.25) is 10.0 Å². The highest BCUT2D eigenvalue weighted by Crippen LogP contribution is 2.24. The summed E-state index contributed by atoms with van der Waals surface area (Å²) in [5.41, 5.74) is 5.24. The number of rotatable bonds is 4. The minimum Gasteiger partial charge on any atom is -0.396 e. The molecule has 0 amide bonds. The second-order valence-corrected chi connectivity index (χ2v) is 6.99. The van der Waals surface area contributed by atoms with E-state index in [0.717, 1.165) is 25.3 Å². The van der Waals surface area contributed by atoms with Crippen LogP contribution in [0.15, 0.2) is 23.1 Å². The molecule has 20 heavy (non-hydrogen) atoms. The Morgan fingerprint density at radius 1 is 1.40 bits per heavy atom. The molecule has 1 fully saturated rings. The minimum absolute atomic E-state index is 0.0839. The summed E-state index contributed by atoms with van der Waals surface area (Å²) in [6.07, 6.45) is 2.79. The van der Waals surface area contributed by atoms with Gasteiger partial charge in [-0.3, -0.25) is 0 Å². The van der Waals surface area contributed by atoms with Crippen molar-refractivity contribution in [2.45, 2.75) is 36.7 Å². The highest BCUT2D eigenvalue weighted by molar-refractivity contribution is 7.89. The number of anilines is 1. The minimum atomic E-state index is -3.74. The van der Waals surface area contributed by atoms with E-state index in [9.17, 15) is 17.9 Å². The van der Waals surface area contributed by atoms with Crippen LogP contribution in [0.5, 0.6) is 0 Å². The molecule has 2 rings (SSSR count). The van der Waals surface area contributed by atoms with Crippen LogP contribution in [-0.2, 0) is 10.0 Å². The zero-order valence-electron chi connectivity index (χ0n) is 11.0. The summed E-state index contributed by atoms with van der Waals surface area (Å²) in [7, 11) is -3.74. The first-order chi connectivity index (χ1) is 9.38. The quantitative estimate of drug-likeness (QED) is 0.730. The van der Waals surface area contributed by atoms with Crippen LogP contribution in [0.2, 0.25) is 0 Å². The first kappa shape index (κ1) is 15.2. The molecule has 4 N–H and O–H groups in total. The maximum absolute atomic E-state index is 13.3. The van der Waals surface area contributed by atoms with Crippen LogP contribution in [0.25, 0.3) is 0 Å². The molecular weight excluding hydrogens is 283 g/mol. The van der Waals surface area contributed by atoms with Gasteiger partial charge in [-0.2, -0.15) is 0 Å². The molecular formula is C13H19FN2O3S. The third-order valence-corrected chi connectivity index (χ3v) is 5.02. The predicted molar refractivity (Wildman–Crippen MR) is 74.0 cm³/mol. The van der Waals surface area contributed by atoms with Crippen LogP contribution in [-0.4, -0.2) is 26.2 Å². The lowest BCUT2D eigenvalue weighted by Crippen LogP contribution is -2.33. The van der Waals surface area contributed by atoms with E-state index in [1.54, 1.807) is 0 Å². The van der Waals surface area contributed by atoms with Crippen molar-refractivity contribution in [3.8, 4) is 0 Å². The predicted octanol–water partition coefficient (Wildman–Crippen LogP) is 1.24. The Balaban J connectivity index is 2.01. The van der Waals surface area contributed by atoms with Crippen molar-refractivity contribution in [3.63, 3.8) is 0 Å². The van der Waals surface area contributed by atoms with E-state index in [1.165, 1.54) is 12.1 Å². The fourth-order valence-electron chi connectivity index (χ4n) is 2.43. The Morgan fingerprint density at radius 3 is 2.80 bits per heavy atom. The van der Waals surface area contributed by atoms with Crippen LogP contribution in [0.4, 0.5) is 10.1 Å². The Kier molecular flexibility index (Phi) is 4.62. The number of sulfonamides is 1. The fraction of sp³-hybridized carbons (Fsp3) is 0.538. The molecule has 2 atom stereocenters. The van der Waals surface area contributed by atoms with Crippen LogP contribution in [0.3, 0.4) is 0 Å². The van der Waals surface area contributed by atoms with Crippen molar-refractivity contribution >= 4 is 15.7 Å². The molecule has 0 aromatic heterocycles. The van der Waals surface area contributed by atoms with Gasteiger partial charge in [0.1, 0.15) is 5.82 Å². The molecule has 2 unspecified atom stereocenters. The Bertz CT molecular complexity index is 577. The van der Waals surface area contributed by atoms with Crippen molar-refractivity contribution in [1.29, 1.82) is 0 Å². The summed E-state index contributed by atoms with van der Waals surface area (Å²) >= 11 is 0. The molecule has 0 radical (unpaired) electrons. The molecule has 7 heteroatoms. The van der Waals surface area contributed by atoms with Crippen molar-refractivity contribution in [2.75, 3.05) is 12.3 Å². The van der Waals surface area contributed by atoms with Crippen LogP contribution in [0, 0.1) is 11.7 Å². The van der Waals surface area contributed by atoms with Gasteiger partial charge in [-0.15, -0.1) is 0 Å². The molecule has 112 valence electrons. The Morgan fingerprint density at radius 2 is 2.15 bits per heavy atom. The molecule has 1 aromatic carbocycles. The number of nitrogens with two attached hydrogens (primary N) is 1. The summed E-state index contributed by atoms with van der Waals surface area (Å²) < 4.78 is 39.8. The smallest absolute Gasteiger partial charge is 0.240 e. The summed E-state index contributed by atoms with van der Waals surface area (Å²) in [5.74, 6) is -0.631. The van der Waals surface area contributed by atoms with Crippen molar-refractivity contribution in [1.82, 2.24) is 4.72 Å². The van der Waals surface area contributed by atoms with Crippen molar-refractivity contribution in [3.05, 3.63) is 24.0 Å². The molecule has 0 heterocycles. The maximum Gasteiger partial charge on any atom is 0.240 e. The number of benzene rings is 1. The number of nitrogen functional groups attached to an aromatic ring is 1. The van der Waals surface area contributed by atoms with E-state index in [4.69, 9.17) is 5.73 Å². The van der Waals surface area contributed by atoms with Crippen molar-refractivity contribution < 1.29 is 17.9 Å². The third kappa shape index (κ3) is 3.68. The molecule has 1 aliphatic carbocycles. The molecule has 5 nitrogen and oxygen atoms in total. The summed E-state index contributed by atoms with van der Waals surface area (Å²) in [5, 5.41) is 9.55.